The number of imidazole rings is 1. The number of allylic oxidation sites excluding steroid dienone is 4. The van der Waals surface area contributed by atoms with Crippen molar-refractivity contribution < 1.29 is 38.1 Å². The number of nitrogens with one attached hydrogen (secondary N) is 4. The largest absolute Gasteiger partial charge is 0.453 e. The summed E-state index contributed by atoms with van der Waals surface area (Å²) in [5, 5.41) is 5.29. The molecule has 2 aliphatic carbocycles. The summed E-state index contributed by atoms with van der Waals surface area (Å²) < 4.78 is 21.2. The molecule has 2 saturated heterocycles. The topological polar surface area (TPSA) is 180 Å². The monoisotopic (exact) mass is 855 g/mol. The number of aromatic nitrogens is 3. The van der Waals surface area contributed by atoms with E-state index in [1.807, 2.05) is 34.6 Å². The van der Waals surface area contributed by atoms with Gasteiger partial charge < -0.3 is 49.3 Å². The van der Waals surface area contributed by atoms with Gasteiger partial charge in [0.1, 0.15) is 17.9 Å². The van der Waals surface area contributed by atoms with E-state index in [-0.39, 0.29) is 30.2 Å². The molecule has 62 heavy (non-hydrogen) atoms. The molecule has 3 aromatic rings. The first-order valence-electron chi connectivity index (χ1n) is 22.0. The highest BCUT2D eigenvalue weighted by Gasteiger charge is 2.50. The Bertz CT molecular complexity index is 2080. The molecule has 4 heterocycles. The molecule has 0 saturated carbocycles. The lowest BCUT2D eigenvalue weighted by atomic mass is 9.88. The van der Waals surface area contributed by atoms with Crippen molar-refractivity contribution in [1.29, 1.82) is 0 Å². The van der Waals surface area contributed by atoms with Gasteiger partial charge in [0.2, 0.25) is 11.8 Å². The molecule has 336 valence electrons. The lowest BCUT2D eigenvalue weighted by Crippen LogP contribution is -2.52. The number of benzene rings is 1. The zero-order valence-corrected chi connectivity index (χ0v) is 37.5. The fraction of sp³-hybridized carbons (Fsp3) is 0.553. The van der Waals surface area contributed by atoms with E-state index in [0.717, 1.165) is 43.6 Å². The van der Waals surface area contributed by atoms with E-state index >= 15 is 0 Å². The minimum atomic E-state index is -0.987. The number of carbonyl (C=O) groups is 4. The smallest absolute Gasteiger partial charge is 0.407 e. The molecule has 4 amide bonds. The molecule has 7 rings (SSSR count). The van der Waals surface area contributed by atoms with Crippen LogP contribution >= 0.6 is 0 Å². The van der Waals surface area contributed by atoms with Crippen LogP contribution in [0.1, 0.15) is 107 Å². The van der Waals surface area contributed by atoms with Gasteiger partial charge in [-0.15, -0.1) is 0 Å². The van der Waals surface area contributed by atoms with Crippen LogP contribution in [0.15, 0.2) is 54.9 Å². The first-order chi connectivity index (χ1) is 29.8. The van der Waals surface area contributed by atoms with E-state index in [0.29, 0.717) is 24.8 Å². The minimum absolute atomic E-state index is 0.00194. The molecule has 15 nitrogen and oxygen atoms in total. The molecule has 15 heteroatoms. The predicted molar refractivity (Wildman–Crippen MR) is 236 cm³/mol. The number of aromatic amines is 2. The van der Waals surface area contributed by atoms with Gasteiger partial charge in [-0.25, -0.2) is 14.6 Å². The van der Waals surface area contributed by atoms with Crippen LogP contribution in [0.3, 0.4) is 0 Å². The van der Waals surface area contributed by atoms with Crippen molar-refractivity contribution in [1.82, 2.24) is 35.4 Å². The van der Waals surface area contributed by atoms with E-state index in [1.165, 1.54) is 61.4 Å². The number of alkyl carbamates (subject to hydrolysis) is 2. The average Bonchev–Trinajstić information content (AvgIpc) is 4.14. The fourth-order valence-corrected chi connectivity index (χ4v) is 8.93. The maximum Gasteiger partial charge on any atom is 0.407 e. The summed E-state index contributed by atoms with van der Waals surface area (Å²) in [6.45, 7) is 11.7. The normalized spacial score (nSPS) is 21.5. The molecule has 1 aromatic carbocycles. The second-order valence-corrected chi connectivity index (χ2v) is 17.2. The first-order valence-corrected chi connectivity index (χ1v) is 22.0. The van der Waals surface area contributed by atoms with Gasteiger partial charge in [0.25, 0.3) is 0 Å². The van der Waals surface area contributed by atoms with Gasteiger partial charge in [-0.2, -0.15) is 0 Å². The highest BCUT2D eigenvalue weighted by atomic mass is 16.7. The van der Waals surface area contributed by atoms with Gasteiger partial charge in [0.05, 0.1) is 38.7 Å². The van der Waals surface area contributed by atoms with Crippen LogP contribution < -0.4 is 10.6 Å². The van der Waals surface area contributed by atoms with Crippen molar-refractivity contribution in [2.45, 2.75) is 109 Å². The van der Waals surface area contributed by atoms with Crippen molar-refractivity contribution in [2.75, 3.05) is 47.6 Å². The number of aryl methyl sites for hydroxylation is 1. The fourth-order valence-electron chi connectivity index (χ4n) is 8.93. The number of ether oxygens (including phenoxy) is 4. The molecular weight excluding hydrogens is 791 g/mol. The SMILES string of the molecule is CCOC1(OC)CC(c2ncc(-c3ccc(C4C=CC(c5[nH]cc6c5CCC6)=CC4)cc3)[nH]2)N(C(=O)C(NC(=O)OC)C(C)C)C1.COC(=O)NC(C(=O)N1CCCC1)C(C)C. The third-order valence-corrected chi connectivity index (χ3v) is 12.5. The van der Waals surface area contributed by atoms with Crippen LogP contribution in [-0.2, 0) is 41.4 Å². The molecule has 2 aromatic heterocycles. The summed E-state index contributed by atoms with van der Waals surface area (Å²) in [4.78, 5) is 64.4. The third-order valence-electron chi connectivity index (χ3n) is 12.5. The zero-order valence-electron chi connectivity index (χ0n) is 37.5. The van der Waals surface area contributed by atoms with Gasteiger partial charge in [0, 0.05) is 51.0 Å². The quantitative estimate of drug-likeness (QED) is 0.131. The first kappa shape index (κ1) is 46.1. The van der Waals surface area contributed by atoms with Crippen LogP contribution in [0.5, 0.6) is 0 Å². The maximum absolute atomic E-state index is 13.9. The number of likely N-dealkylation sites (tertiary alicyclic amines) is 2. The highest BCUT2D eigenvalue weighted by Crippen LogP contribution is 2.41. The predicted octanol–water partition coefficient (Wildman–Crippen LogP) is 7.04. The Balaban J connectivity index is 0.000000338. The third kappa shape index (κ3) is 10.4. The summed E-state index contributed by atoms with van der Waals surface area (Å²) in [7, 11) is 4.17. The van der Waals surface area contributed by atoms with Crippen LogP contribution in [0.2, 0.25) is 0 Å². The van der Waals surface area contributed by atoms with Crippen LogP contribution in [0.4, 0.5) is 9.59 Å². The van der Waals surface area contributed by atoms with E-state index < -0.39 is 36.1 Å². The summed E-state index contributed by atoms with van der Waals surface area (Å²) in [5.74, 6) is -0.383. The van der Waals surface area contributed by atoms with E-state index in [1.54, 1.807) is 23.1 Å². The van der Waals surface area contributed by atoms with Crippen molar-refractivity contribution in [2.24, 2.45) is 11.8 Å². The Hall–Kier alpha value is -5.41. The van der Waals surface area contributed by atoms with Gasteiger partial charge in [-0.3, -0.25) is 9.59 Å². The number of carbonyl (C=O) groups excluding carboxylic acids is 4. The molecule has 0 spiro atoms. The standard InChI is InChI=1S/C36H45N5O5.C11H20N2O3/c1-6-46-36(45-5)18-30(41(21-36)34(42)31(22(2)3)40-35(43)44-4)33-38-20-29(39-33)25-14-10-23(11-15-25)24-12-16-26(17-13-24)32-28-9-7-8-27(28)19-37-32;1-8(2)9(12-11(15)16-3)10(14)13-6-4-5-7-13/h10-12,14-17,19-20,22,24,30-31,37H,6-9,13,18,21H2,1-5H3,(H,38,39)(H,40,43);8-9H,4-7H2,1-3H3,(H,12,15). The Labute approximate surface area is 365 Å². The number of hydrogen-bond donors (Lipinski definition) is 4. The van der Waals surface area contributed by atoms with Gasteiger partial charge >= 0.3 is 12.2 Å². The van der Waals surface area contributed by atoms with Crippen LogP contribution in [0, 0.1) is 11.8 Å². The number of nitrogens with zero attached hydrogens (tertiary/aromatic N) is 3. The Morgan fingerprint density at radius 2 is 1.56 bits per heavy atom. The number of rotatable bonds is 13. The average molecular weight is 856 g/mol. The van der Waals surface area contributed by atoms with Crippen molar-refractivity contribution in [3.05, 3.63) is 83.1 Å². The van der Waals surface area contributed by atoms with Crippen LogP contribution in [-0.4, -0.2) is 114 Å². The molecular formula is C47H65N7O8. The molecule has 4 N–H and O–H groups in total. The molecule has 5 unspecified atom stereocenters. The summed E-state index contributed by atoms with van der Waals surface area (Å²) in [6, 6.07) is 6.88. The Kier molecular flexibility index (Phi) is 15.3. The van der Waals surface area contributed by atoms with Gasteiger partial charge in [-0.1, -0.05) is 70.2 Å². The van der Waals surface area contributed by atoms with Gasteiger partial charge in [-0.05, 0) is 85.1 Å². The Morgan fingerprint density at radius 1 is 0.903 bits per heavy atom. The lowest BCUT2D eigenvalue weighted by Gasteiger charge is -2.30. The molecule has 5 atom stereocenters. The molecule has 0 bridgehead atoms. The Morgan fingerprint density at radius 3 is 2.15 bits per heavy atom. The number of hydrogen-bond acceptors (Lipinski definition) is 9. The summed E-state index contributed by atoms with van der Waals surface area (Å²) in [6.07, 6.45) is 16.8. The van der Waals surface area contributed by atoms with Gasteiger partial charge in [0.15, 0.2) is 5.79 Å². The van der Waals surface area contributed by atoms with E-state index in [9.17, 15) is 19.2 Å². The highest BCUT2D eigenvalue weighted by molar-refractivity contribution is 5.87. The van der Waals surface area contributed by atoms with Crippen molar-refractivity contribution in [3.63, 3.8) is 0 Å². The molecule has 2 aliphatic heterocycles. The lowest BCUT2D eigenvalue weighted by molar-refractivity contribution is -0.210. The molecule has 2 fully saturated rings. The summed E-state index contributed by atoms with van der Waals surface area (Å²) in [5.41, 5.74) is 8.67. The second-order valence-electron chi connectivity index (χ2n) is 17.2. The molecule has 4 aliphatic rings. The number of H-pyrrole nitrogens is 2. The van der Waals surface area contributed by atoms with E-state index in [2.05, 4.69) is 74.0 Å². The maximum atomic E-state index is 13.9. The zero-order chi connectivity index (χ0) is 44.6. The van der Waals surface area contributed by atoms with Crippen molar-refractivity contribution in [3.8, 4) is 11.3 Å². The number of fused-ring (bicyclic) bond motifs is 1. The van der Waals surface area contributed by atoms with Crippen LogP contribution in [0.25, 0.3) is 16.8 Å². The number of methoxy groups -OCH3 is 3. The molecule has 0 radical (unpaired) electrons. The minimum Gasteiger partial charge on any atom is -0.453 e. The van der Waals surface area contributed by atoms with Crippen molar-refractivity contribution >= 4 is 29.6 Å². The van der Waals surface area contributed by atoms with E-state index in [4.69, 9.17) is 19.2 Å². The summed E-state index contributed by atoms with van der Waals surface area (Å²) >= 11 is 0. The number of amides is 4. The second kappa shape index (κ2) is 20.6.